The van der Waals surface area contributed by atoms with Crippen LogP contribution >= 0.6 is 0 Å². The van der Waals surface area contributed by atoms with Crippen LogP contribution in [0.15, 0.2) is 18.2 Å². The molecule has 3 rings (SSSR count). The van der Waals surface area contributed by atoms with Crippen molar-refractivity contribution in [3.8, 4) is 12.3 Å². The minimum atomic E-state index is -0.997. The van der Waals surface area contributed by atoms with Gasteiger partial charge in [0.1, 0.15) is 12.6 Å². The van der Waals surface area contributed by atoms with Crippen molar-refractivity contribution < 1.29 is 38.1 Å². The first kappa shape index (κ1) is 26.3. The van der Waals surface area contributed by atoms with Crippen LogP contribution in [0.5, 0.6) is 0 Å². The van der Waals surface area contributed by atoms with Gasteiger partial charge in [-0.25, -0.2) is 0 Å². The van der Waals surface area contributed by atoms with Crippen molar-refractivity contribution in [2.24, 2.45) is 0 Å². The van der Waals surface area contributed by atoms with Gasteiger partial charge < -0.3 is 24.3 Å². The fourth-order valence-corrected chi connectivity index (χ4v) is 3.71. The van der Waals surface area contributed by atoms with Crippen LogP contribution in [0.2, 0.25) is 0 Å². The lowest BCUT2D eigenvalue weighted by Crippen LogP contribution is -2.54. The first-order valence-electron chi connectivity index (χ1n) is 11.4. The topological polar surface area (TPSA) is 132 Å². The first-order valence-corrected chi connectivity index (χ1v) is 11.4. The lowest BCUT2D eigenvalue weighted by molar-refractivity contribution is -0.136. The summed E-state index contributed by atoms with van der Waals surface area (Å²) in [5, 5.41) is 5.30. The number of anilines is 1. The summed E-state index contributed by atoms with van der Waals surface area (Å²) >= 11 is 0. The van der Waals surface area contributed by atoms with Gasteiger partial charge in [-0.05, 0) is 18.6 Å². The third-order valence-corrected chi connectivity index (χ3v) is 5.33. The smallest absolute Gasteiger partial charge is 0.264 e. The Labute approximate surface area is 203 Å². The van der Waals surface area contributed by atoms with Crippen molar-refractivity contribution in [3.05, 3.63) is 29.3 Å². The van der Waals surface area contributed by atoms with Crippen LogP contribution in [0, 0.1) is 12.3 Å². The van der Waals surface area contributed by atoms with E-state index >= 15 is 0 Å². The number of benzene rings is 1. The van der Waals surface area contributed by atoms with E-state index in [-0.39, 0.29) is 30.6 Å². The highest BCUT2D eigenvalue weighted by Gasteiger charge is 2.45. The van der Waals surface area contributed by atoms with Crippen molar-refractivity contribution in [1.29, 1.82) is 0 Å². The van der Waals surface area contributed by atoms with Gasteiger partial charge in [0.25, 0.3) is 11.8 Å². The van der Waals surface area contributed by atoms with Gasteiger partial charge in [-0.15, -0.1) is 6.42 Å². The summed E-state index contributed by atoms with van der Waals surface area (Å²) in [6, 6.07) is 3.91. The largest absolute Gasteiger partial charge is 0.382 e. The van der Waals surface area contributed by atoms with E-state index in [0.29, 0.717) is 58.5 Å². The van der Waals surface area contributed by atoms with Gasteiger partial charge in [0, 0.05) is 18.7 Å². The molecule has 0 saturated carbocycles. The third kappa shape index (κ3) is 7.10. The van der Waals surface area contributed by atoms with Gasteiger partial charge in [-0.1, -0.05) is 12.0 Å². The molecule has 0 aromatic heterocycles. The Morgan fingerprint density at radius 1 is 0.943 bits per heavy atom. The zero-order chi connectivity index (χ0) is 25.0. The maximum Gasteiger partial charge on any atom is 0.264 e. The number of amides is 4. The molecular formula is C24H29N3O8. The summed E-state index contributed by atoms with van der Waals surface area (Å²) in [5.41, 5.74) is 0.929. The standard InChI is InChI=1S/C24H29N3O8/c1-2-9-32-11-13-34-15-16-35-14-12-33-10-8-25-18-5-3-4-17-21(18)24(31)27(23(17)30)19-6-7-20(28)26-22(19)29/h1,3-5,19,25H,6-16H2,(H,26,28,29). The molecule has 0 aliphatic carbocycles. The molecule has 1 aromatic carbocycles. The number of carbonyl (C=O) groups excluding carboxylic acids is 4. The number of imide groups is 2. The van der Waals surface area contributed by atoms with Crippen molar-refractivity contribution in [3.63, 3.8) is 0 Å². The predicted molar refractivity (Wildman–Crippen MR) is 124 cm³/mol. The Balaban J connectivity index is 1.36. The number of fused-ring (bicyclic) bond motifs is 1. The van der Waals surface area contributed by atoms with Crippen LogP contribution in [0.25, 0.3) is 0 Å². The predicted octanol–water partition coefficient (Wildman–Crippen LogP) is 0.199. The van der Waals surface area contributed by atoms with Gasteiger partial charge in [-0.2, -0.15) is 0 Å². The molecule has 4 amide bonds. The molecule has 11 nitrogen and oxygen atoms in total. The molecule has 2 heterocycles. The van der Waals surface area contributed by atoms with Crippen LogP contribution in [0.4, 0.5) is 5.69 Å². The number of hydrogen-bond acceptors (Lipinski definition) is 9. The second-order valence-corrected chi connectivity index (χ2v) is 7.70. The van der Waals surface area contributed by atoms with Crippen LogP contribution < -0.4 is 10.6 Å². The number of nitrogens with zero attached hydrogens (tertiary/aromatic N) is 1. The summed E-state index contributed by atoms with van der Waals surface area (Å²) in [4.78, 5) is 50.4. The Morgan fingerprint density at radius 2 is 1.60 bits per heavy atom. The van der Waals surface area contributed by atoms with Gasteiger partial charge in [0.15, 0.2) is 0 Å². The number of nitrogens with one attached hydrogen (secondary N) is 2. The molecule has 2 N–H and O–H groups in total. The summed E-state index contributed by atoms with van der Waals surface area (Å²) in [6.45, 7) is 3.61. The summed E-state index contributed by atoms with van der Waals surface area (Å²) in [5.74, 6) is 0.231. The second-order valence-electron chi connectivity index (χ2n) is 7.70. The number of ether oxygens (including phenoxy) is 4. The van der Waals surface area contributed by atoms with E-state index in [1.807, 2.05) is 0 Å². The molecular weight excluding hydrogens is 458 g/mol. The van der Waals surface area contributed by atoms with E-state index in [2.05, 4.69) is 16.6 Å². The van der Waals surface area contributed by atoms with Crippen LogP contribution in [0.1, 0.15) is 33.6 Å². The van der Waals surface area contributed by atoms with Crippen LogP contribution in [0.3, 0.4) is 0 Å². The van der Waals surface area contributed by atoms with Crippen LogP contribution in [-0.2, 0) is 28.5 Å². The van der Waals surface area contributed by atoms with E-state index in [1.54, 1.807) is 18.2 Å². The van der Waals surface area contributed by atoms with Gasteiger partial charge in [0.2, 0.25) is 11.8 Å². The van der Waals surface area contributed by atoms with Crippen molar-refractivity contribution in [1.82, 2.24) is 10.2 Å². The highest BCUT2D eigenvalue weighted by atomic mass is 16.6. The minimum Gasteiger partial charge on any atom is -0.382 e. The van der Waals surface area contributed by atoms with Crippen LogP contribution in [-0.4, -0.2) is 94.0 Å². The average Bonchev–Trinajstić information content (AvgIpc) is 3.10. The molecule has 0 spiro atoms. The average molecular weight is 488 g/mol. The molecule has 11 heteroatoms. The van der Waals surface area contributed by atoms with Crippen molar-refractivity contribution in [2.45, 2.75) is 18.9 Å². The molecule has 1 saturated heterocycles. The van der Waals surface area contributed by atoms with Crippen molar-refractivity contribution >= 4 is 29.3 Å². The molecule has 1 unspecified atom stereocenters. The molecule has 1 aromatic rings. The maximum atomic E-state index is 13.0. The molecule has 0 bridgehead atoms. The van der Waals surface area contributed by atoms with Crippen molar-refractivity contribution in [2.75, 3.05) is 64.7 Å². The normalized spacial score (nSPS) is 17.3. The number of hydrogen-bond donors (Lipinski definition) is 2. The zero-order valence-electron chi connectivity index (χ0n) is 19.4. The summed E-state index contributed by atoms with van der Waals surface area (Å²) < 4.78 is 21.3. The van der Waals surface area contributed by atoms with Gasteiger partial charge in [0.05, 0.1) is 57.4 Å². The van der Waals surface area contributed by atoms with E-state index in [1.165, 1.54) is 0 Å². The second kappa shape index (κ2) is 13.6. The number of rotatable bonds is 15. The Kier molecular flexibility index (Phi) is 10.2. The molecule has 1 atom stereocenters. The Hall–Kier alpha value is -3.30. The molecule has 188 valence electrons. The fourth-order valence-electron chi connectivity index (χ4n) is 3.71. The highest BCUT2D eigenvalue weighted by Crippen LogP contribution is 2.32. The summed E-state index contributed by atoms with van der Waals surface area (Å²) in [7, 11) is 0. The minimum absolute atomic E-state index is 0.0745. The SMILES string of the molecule is C#CCOCCOCCOCCOCCNc1cccc2c1C(=O)N(C1CCC(=O)NC1=O)C2=O. The molecule has 35 heavy (non-hydrogen) atoms. The number of terminal acetylenes is 1. The van der Waals surface area contributed by atoms with Gasteiger partial charge >= 0.3 is 0 Å². The lowest BCUT2D eigenvalue weighted by atomic mass is 10.0. The Morgan fingerprint density at radius 3 is 2.26 bits per heavy atom. The van der Waals surface area contributed by atoms with Gasteiger partial charge in [-0.3, -0.25) is 29.4 Å². The number of carbonyl (C=O) groups is 4. The Bertz CT molecular complexity index is 974. The molecule has 2 aliphatic rings. The zero-order valence-corrected chi connectivity index (χ0v) is 19.4. The molecule has 0 radical (unpaired) electrons. The molecule has 2 aliphatic heterocycles. The highest BCUT2D eigenvalue weighted by molar-refractivity contribution is 6.25. The summed E-state index contributed by atoms with van der Waals surface area (Å²) in [6.07, 6.45) is 5.26. The number of piperidine rings is 1. The third-order valence-electron chi connectivity index (χ3n) is 5.33. The van der Waals surface area contributed by atoms with E-state index in [4.69, 9.17) is 25.4 Å². The molecule has 1 fully saturated rings. The van der Waals surface area contributed by atoms with E-state index in [0.717, 1.165) is 4.90 Å². The lowest BCUT2D eigenvalue weighted by Gasteiger charge is -2.27. The fraction of sp³-hybridized carbons (Fsp3) is 0.500. The first-order chi connectivity index (χ1) is 17.0. The quantitative estimate of drug-likeness (QED) is 0.202. The van der Waals surface area contributed by atoms with E-state index in [9.17, 15) is 19.2 Å². The maximum absolute atomic E-state index is 13.0. The monoisotopic (exact) mass is 487 g/mol. The van der Waals surface area contributed by atoms with E-state index < -0.39 is 29.7 Å².